The fourth-order valence-electron chi connectivity index (χ4n) is 0.979. The summed E-state index contributed by atoms with van der Waals surface area (Å²) in [7, 11) is 0. The first-order valence-electron chi connectivity index (χ1n) is 3.99. The summed E-state index contributed by atoms with van der Waals surface area (Å²) in [6.07, 6.45) is 0. The lowest BCUT2D eigenvalue weighted by molar-refractivity contribution is 0.0731. The Bertz CT molecular complexity index is 363. The molecule has 7 nitrogen and oxygen atoms in total. The predicted molar refractivity (Wildman–Crippen MR) is 50.5 cm³/mol. The molecule has 0 saturated heterocycles. The molecule has 6 N–H and O–H groups in total. The maximum atomic E-state index is 11.1. The normalized spacial score (nSPS) is 9.47. The molecule has 0 bridgehead atoms. The molecular formula is C8H10N4O3. The van der Waals surface area contributed by atoms with Crippen LogP contribution < -0.4 is 22.3 Å². The molecule has 7 heteroatoms. The van der Waals surface area contributed by atoms with E-state index in [2.05, 4.69) is 0 Å². The highest BCUT2D eigenvalue weighted by molar-refractivity contribution is 5.97. The van der Waals surface area contributed by atoms with Crippen LogP contribution in [0.4, 0.5) is 0 Å². The molecule has 0 spiro atoms. The van der Waals surface area contributed by atoms with Crippen LogP contribution in [0, 0.1) is 0 Å². The summed E-state index contributed by atoms with van der Waals surface area (Å²) >= 11 is 0. The number of rotatable bonds is 3. The van der Waals surface area contributed by atoms with Crippen molar-refractivity contribution < 1.29 is 14.8 Å². The van der Waals surface area contributed by atoms with E-state index in [9.17, 15) is 9.59 Å². The van der Waals surface area contributed by atoms with Gasteiger partial charge in [0.1, 0.15) is 0 Å². The number of hydrazine groups is 2. The molecule has 1 aromatic rings. The van der Waals surface area contributed by atoms with Crippen molar-refractivity contribution in [1.82, 2.24) is 16.4 Å². The van der Waals surface area contributed by atoms with E-state index in [-0.39, 0.29) is 0 Å². The van der Waals surface area contributed by atoms with Crippen LogP contribution in [0.15, 0.2) is 24.3 Å². The van der Waals surface area contributed by atoms with Crippen LogP contribution >= 0.6 is 0 Å². The largest absolute Gasteiger partial charge is 0.297 e. The second-order valence-corrected chi connectivity index (χ2v) is 2.62. The zero-order chi connectivity index (χ0) is 11.3. The minimum Gasteiger partial charge on any atom is -0.297 e. The van der Waals surface area contributed by atoms with Crippen LogP contribution in [-0.4, -0.2) is 17.0 Å². The molecule has 15 heavy (non-hydrogen) atoms. The first kappa shape index (κ1) is 11.1. The second kappa shape index (κ2) is 5.05. The molecule has 0 aliphatic carbocycles. The molecule has 0 unspecified atom stereocenters. The maximum absolute atomic E-state index is 11.1. The number of amides is 2. The topological polar surface area (TPSA) is 116 Å². The van der Waals surface area contributed by atoms with Crippen molar-refractivity contribution in [3.8, 4) is 0 Å². The molecule has 2 amide bonds. The van der Waals surface area contributed by atoms with Gasteiger partial charge in [-0.1, -0.05) is 0 Å². The average Bonchev–Trinajstić information content (AvgIpc) is 2.28. The molecule has 0 aliphatic rings. The predicted octanol–water partition coefficient (Wildman–Crippen LogP) is -1.09. The Morgan fingerprint density at radius 3 is 1.93 bits per heavy atom. The molecule has 0 heterocycles. The van der Waals surface area contributed by atoms with E-state index in [0.29, 0.717) is 11.1 Å². The molecule has 80 valence electrons. The highest BCUT2D eigenvalue weighted by Crippen LogP contribution is 2.03. The lowest BCUT2D eigenvalue weighted by Gasteiger charge is -2.03. The van der Waals surface area contributed by atoms with Gasteiger partial charge < -0.3 is 0 Å². The first-order chi connectivity index (χ1) is 7.19. The van der Waals surface area contributed by atoms with Crippen molar-refractivity contribution >= 4 is 11.8 Å². The number of carbonyl (C=O) groups is 2. The zero-order valence-electron chi connectivity index (χ0n) is 7.65. The Balaban J connectivity index is 2.80. The standard InChI is InChI=1S/C8H10N4O3/c9-10-7(13)5-1-3-6(4-2-5)8(14)11-12-15/h1-4,12,15H,9H2,(H,10,13)(H,11,14). The van der Waals surface area contributed by atoms with Crippen molar-refractivity contribution in [3.63, 3.8) is 0 Å². The van der Waals surface area contributed by atoms with Gasteiger partial charge in [0.05, 0.1) is 0 Å². The van der Waals surface area contributed by atoms with Crippen LogP contribution in [0.5, 0.6) is 0 Å². The van der Waals surface area contributed by atoms with Crippen molar-refractivity contribution in [1.29, 1.82) is 0 Å². The lowest BCUT2D eigenvalue weighted by atomic mass is 10.1. The number of nitrogens with two attached hydrogens (primary N) is 1. The highest BCUT2D eigenvalue weighted by Gasteiger charge is 2.06. The Labute approximate surface area is 85.2 Å². The van der Waals surface area contributed by atoms with E-state index < -0.39 is 11.8 Å². The number of hydrogen-bond acceptors (Lipinski definition) is 5. The van der Waals surface area contributed by atoms with Crippen molar-refractivity contribution in [2.75, 3.05) is 0 Å². The number of benzene rings is 1. The third-order valence-corrected chi connectivity index (χ3v) is 1.71. The van der Waals surface area contributed by atoms with Gasteiger partial charge in [-0.25, -0.2) is 5.84 Å². The van der Waals surface area contributed by atoms with Gasteiger partial charge in [0, 0.05) is 11.1 Å². The van der Waals surface area contributed by atoms with Gasteiger partial charge >= 0.3 is 0 Å². The molecule has 1 rings (SSSR count). The van der Waals surface area contributed by atoms with Crippen molar-refractivity contribution in [2.45, 2.75) is 0 Å². The van der Waals surface area contributed by atoms with E-state index >= 15 is 0 Å². The maximum Gasteiger partial charge on any atom is 0.267 e. The average molecular weight is 210 g/mol. The van der Waals surface area contributed by atoms with Gasteiger partial charge in [-0.2, -0.15) is 0 Å². The third-order valence-electron chi connectivity index (χ3n) is 1.71. The molecule has 0 saturated carbocycles. The quantitative estimate of drug-likeness (QED) is 0.247. The Hall–Kier alpha value is -1.96. The smallest absolute Gasteiger partial charge is 0.267 e. The molecule has 0 fully saturated rings. The number of nitrogen functional groups attached to an aromatic ring is 1. The van der Waals surface area contributed by atoms with Crippen LogP contribution in [0.1, 0.15) is 20.7 Å². The monoisotopic (exact) mass is 210 g/mol. The van der Waals surface area contributed by atoms with Crippen LogP contribution in [0.3, 0.4) is 0 Å². The molecule has 0 aliphatic heterocycles. The SMILES string of the molecule is NNC(=O)c1ccc(C(=O)NNO)cc1. The van der Waals surface area contributed by atoms with Crippen molar-refractivity contribution in [2.24, 2.45) is 5.84 Å². The minimum absolute atomic E-state index is 0.296. The van der Waals surface area contributed by atoms with E-state index in [1.165, 1.54) is 29.9 Å². The van der Waals surface area contributed by atoms with Crippen LogP contribution in [-0.2, 0) is 0 Å². The summed E-state index contributed by atoms with van der Waals surface area (Å²) < 4.78 is 0. The minimum atomic E-state index is -0.516. The summed E-state index contributed by atoms with van der Waals surface area (Å²) in [4.78, 5) is 22.2. The summed E-state index contributed by atoms with van der Waals surface area (Å²) in [5.41, 5.74) is 6.08. The fraction of sp³-hybridized carbons (Fsp3) is 0. The highest BCUT2D eigenvalue weighted by atomic mass is 16.5. The molecular weight excluding hydrogens is 200 g/mol. The van der Waals surface area contributed by atoms with E-state index in [4.69, 9.17) is 11.0 Å². The van der Waals surface area contributed by atoms with Gasteiger partial charge in [0.2, 0.25) is 0 Å². The van der Waals surface area contributed by atoms with E-state index in [1.54, 1.807) is 0 Å². The van der Waals surface area contributed by atoms with E-state index in [0.717, 1.165) is 0 Å². The molecule has 0 radical (unpaired) electrons. The van der Waals surface area contributed by atoms with Crippen LogP contribution in [0.25, 0.3) is 0 Å². The van der Waals surface area contributed by atoms with Gasteiger partial charge in [0.25, 0.3) is 11.8 Å². The van der Waals surface area contributed by atoms with E-state index in [1.807, 2.05) is 10.9 Å². The molecule has 1 aromatic carbocycles. The van der Waals surface area contributed by atoms with Gasteiger partial charge in [0.15, 0.2) is 0 Å². The Kier molecular flexibility index (Phi) is 3.75. The number of nitrogens with one attached hydrogen (secondary N) is 3. The van der Waals surface area contributed by atoms with Crippen molar-refractivity contribution in [3.05, 3.63) is 35.4 Å². The van der Waals surface area contributed by atoms with Gasteiger partial charge in [-0.3, -0.25) is 25.6 Å². The number of hydrogen-bond donors (Lipinski definition) is 5. The summed E-state index contributed by atoms with van der Waals surface area (Å²) in [6, 6.07) is 5.73. The lowest BCUT2D eigenvalue weighted by Crippen LogP contribution is -2.34. The first-order valence-corrected chi connectivity index (χ1v) is 3.99. The summed E-state index contributed by atoms with van der Waals surface area (Å²) in [5.74, 6) is 3.97. The molecule has 0 aromatic heterocycles. The number of carbonyl (C=O) groups excluding carboxylic acids is 2. The third kappa shape index (κ3) is 2.74. The Morgan fingerprint density at radius 1 is 1.07 bits per heavy atom. The Morgan fingerprint density at radius 2 is 1.53 bits per heavy atom. The fourth-order valence-corrected chi connectivity index (χ4v) is 0.979. The van der Waals surface area contributed by atoms with Crippen LogP contribution in [0.2, 0.25) is 0 Å². The summed E-state index contributed by atoms with van der Waals surface area (Å²) in [5, 5.41) is 8.22. The second-order valence-electron chi connectivity index (χ2n) is 2.62. The zero-order valence-corrected chi connectivity index (χ0v) is 7.65. The summed E-state index contributed by atoms with van der Waals surface area (Å²) in [6.45, 7) is 0. The van der Waals surface area contributed by atoms with Gasteiger partial charge in [-0.05, 0) is 24.3 Å². The molecule has 0 atom stereocenters. The van der Waals surface area contributed by atoms with Gasteiger partial charge in [-0.15, -0.1) is 5.59 Å².